The normalized spacial score (nSPS) is 13.6. The fourth-order valence-electron chi connectivity index (χ4n) is 3.36. The summed E-state index contributed by atoms with van der Waals surface area (Å²) in [7, 11) is 1.43. The number of carbonyl (C=O) groups excluding carboxylic acids is 4. The van der Waals surface area contributed by atoms with Gasteiger partial charge in [0, 0.05) is 18.7 Å². The Balaban J connectivity index is 3.28. The molecule has 0 aliphatic heterocycles. The molecule has 0 fully saturated rings. The maximum absolute atomic E-state index is 13.4. The zero-order chi connectivity index (χ0) is 26.1. The Bertz CT molecular complexity index is 915. The van der Waals surface area contributed by atoms with Gasteiger partial charge in [-0.1, -0.05) is 31.4 Å². The lowest BCUT2D eigenvalue weighted by molar-refractivity contribution is -0.142. The number of amides is 4. The van der Waals surface area contributed by atoms with Crippen molar-refractivity contribution >= 4 is 23.8 Å². The molecule has 1 aromatic carbocycles. The monoisotopic (exact) mass is 472 g/mol. The third-order valence-electron chi connectivity index (χ3n) is 4.88. The van der Waals surface area contributed by atoms with Crippen LogP contribution in [0.15, 0.2) is 24.3 Å². The highest BCUT2D eigenvalue weighted by Gasteiger charge is 2.35. The molecule has 4 amide bonds. The summed E-state index contributed by atoms with van der Waals surface area (Å²) < 4.78 is 5.21. The van der Waals surface area contributed by atoms with Gasteiger partial charge in [-0.2, -0.15) is 0 Å². The number of terminal acetylenes is 1. The Hall–Kier alpha value is -3.54. The molecule has 0 saturated carbocycles. The van der Waals surface area contributed by atoms with Crippen LogP contribution in [-0.4, -0.2) is 53.4 Å². The third-order valence-corrected chi connectivity index (χ3v) is 4.88. The van der Waals surface area contributed by atoms with Gasteiger partial charge in [-0.25, -0.2) is 4.79 Å². The zero-order valence-electron chi connectivity index (χ0n) is 20.8. The van der Waals surface area contributed by atoms with Crippen molar-refractivity contribution < 1.29 is 23.9 Å². The highest BCUT2D eigenvalue weighted by Crippen LogP contribution is 2.22. The number of primary amides is 1. The van der Waals surface area contributed by atoms with E-state index in [2.05, 4.69) is 16.6 Å². The van der Waals surface area contributed by atoms with Crippen LogP contribution in [0.3, 0.4) is 0 Å². The SMILES string of the molecule is C#Cc1ccc(C(C(=O)NC(C)CCC)N(C)C(=O)C(CC(N)=O)NC(=O)OC(C)(C)C)cc1. The first kappa shape index (κ1) is 28.5. The molecule has 0 aliphatic rings. The van der Waals surface area contributed by atoms with E-state index in [0.717, 1.165) is 12.8 Å². The van der Waals surface area contributed by atoms with E-state index in [4.69, 9.17) is 16.9 Å². The standard InChI is InChI=1S/C25H36N4O5/c1-8-10-16(3)27-22(31)21(18-13-11-17(9-2)12-14-18)29(7)23(32)19(15-20(26)30)28-24(33)34-25(4,5)6/h2,11-14,16,19,21H,8,10,15H2,1,3-7H3,(H2,26,30)(H,27,31)(H,28,33). The molecule has 0 heterocycles. The number of alkyl carbamates (subject to hydrolysis) is 1. The van der Waals surface area contributed by atoms with Crippen LogP contribution in [0.25, 0.3) is 0 Å². The minimum absolute atomic E-state index is 0.116. The van der Waals surface area contributed by atoms with Crippen LogP contribution in [0.4, 0.5) is 4.79 Å². The van der Waals surface area contributed by atoms with Crippen LogP contribution < -0.4 is 16.4 Å². The minimum atomic E-state index is -1.31. The first-order chi connectivity index (χ1) is 15.8. The van der Waals surface area contributed by atoms with Gasteiger partial charge in [0.15, 0.2) is 0 Å². The van der Waals surface area contributed by atoms with E-state index in [1.165, 1.54) is 11.9 Å². The van der Waals surface area contributed by atoms with Crippen LogP contribution in [0.5, 0.6) is 0 Å². The fourth-order valence-corrected chi connectivity index (χ4v) is 3.36. The van der Waals surface area contributed by atoms with Gasteiger partial charge in [-0.3, -0.25) is 14.4 Å². The van der Waals surface area contributed by atoms with Crippen molar-refractivity contribution in [3.8, 4) is 12.3 Å². The molecule has 0 bridgehead atoms. The van der Waals surface area contributed by atoms with Gasteiger partial charge in [-0.15, -0.1) is 6.42 Å². The van der Waals surface area contributed by atoms with E-state index in [1.807, 2.05) is 13.8 Å². The highest BCUT2D eigenvalue weighted by molar-refractivity contribution is 5.94. The van der Waals surface area contributed by atoms with Crippen LogP contribution in [0.1, 0.15) is 71.0 Å². The lowest BCUT2D eigenvalue weighted by Crippen LogP contribution is -2.53. The van der Waals surface area contributed by atoms with Crippen LogP contribution in [-0.2, 0) is 19.1 Å². The molecular weight excluding hydrogens is 436 g/mol. The van der Waals surface area contributed by atoms with E-state index in [0.29, 0.717) is 11.1 Å². The first-order valence-electron chi connectivity index (χ1n) is 11.2. The maximum Gasteiger partial charge on any atom is 0.408 e. The van der Waals surface area contributed by atoms with E-state index >= 15 is 0 Å². The number of carbonyl (C=O) groups is 4. The number of ether oxygens (including phenoxy) is 1. The number of rotatable bonds is 10. The summed E-state index contributed by atoms with van der Waals surface area (Å²) in [5.41, 5.74) is 5.64. The van der Waals surface area contributed by atoms with Crippen LogP contribution in [0, 0.1) is 12.3 Å². The number of benzene rings is 1. The fraction of sp³-hybridized carbons (Fsp3) is 0.520. The molecule has 1 rings (SSSR count). The lowest BCUT2D eigenvalue weighted by atomic mass is 10.0. The molecule has 0 aromatic heterocycles. The van der Waals surface area contributed by atoms with Crippen molar-refractivity contribution in [1.29, 1.82) is 0 Å². The summed E-state index contributed by atoms with van der Waals surface area (Å²) in [5.74, 6) is 0.642. The van der Waals surface area contributed by atoms with Crippen LogP contribution in [0.2, 0.25) is 0 Å². The topological polar surface area (TPSA) is 131 Å². The summed E-state index contributed by atoms with van der Waals surface area (Å²) in [6, 6.07) is 4.21. The largest absolute Gasteiger partial charge is 0.444 e. The van der Waals surface area contributed by atoms with E-state index in [1.54, 1.807) is 45.0 Å². The van der Waals surface area contributed by atoms with Crippen LogP contribution >= 0.6 is 0 Å². The molecule has 3 unspecified atom stereocenters. The van der Waals surface area contributed by atoms with Crippen molar-refractivity contribution in [3.63, 3.8) is 0 Å². The van der Waals surface area contributed by atoms with Gasteiger partial charge >= 0.3 is 6.09 Å². The Labute approximate surface area is 201 Å². The summed E-state index contributed by atoms with van der Waals surface area (Å²) >= 11 is 0. The lowest BCUT2D eigenvalue weighted by Gasteiger charge is -2.32. The maximum atomic E-state index is 13.4. The molecule has 0 aliphatic carbocycles. The average Bonchev–Trinajstić information content (AvgIpc) is 2.71. The predicted molar refractivity (Wildman–Crippen MR) is 129 cm³/mol. The zero-order valence-corrected chi connectivity index (χ0v) is 20.8. The predicted octanol–water partition coefficient (Wildman–Crippen LogP) is 2.24. The van der Waals surface area contributed by atoms with E-state index in [-0.39, 0.29) is 6.04 Å². The molecule has 1 aromatic rings. The van der Waals surface area contributed by atoms with Gasteiger partial charge in [0.2, 0.25) is 17.7 Å². The second-order valence-corrected chi connectivity index (χ2v) is 9.19. The van der Waals surface area contributed by atoms with E-state index < -0.39 is 47.9 Å². The summed E-state index contributed by atoms with van der Waals surface area (Å²) in [5, 5.41) is 5.32. The van der Waals surface area contributed by atoms with Crippen molar-refractivity contribution in [3.05, 3.63) is 35.4 Å². The Morgan fingerprint density at radius 3 is 2.21 bits per heavy atom. The molecule has 0 radical (unpaired) electrons. The van der Waals surface area contributed by atoms with Crippen molar-refractivity contribution in [2.45, 2.75) is 77.6 Å². The Morgan fingerprint density at radius 2 is 1.74 bits per heavy atom. The quantitative estimate of drug-likeness (QED) is 0.450. The number of likely N-dealkylation sites (N-methyl/N-ethyl adjacent to an activating group) is 1. The second kappa shape index (κ2) is 12.6. The second-order valence-electron chi connectivity index (χ2n) is 9.19. The van der Waals surface area contributed by atoms with Crippen molar-refractivity contribution in [1.82, 2.24) is 15.5 Å². The highest BCUT2D eigenvalue weighted by atomic mass is 16.6. The number of nitrogens with one attached hydrogen (secondary N) is 2. The molecular formula is C25H36N4O5. The number of nitrogens with two attached hydrogens (primary N) is 1. The summed E-state index contributed by atoms with van der Waals surface area (Å²) in [6.07, 6.45) is 5.73. The first-order valence-corrected chi connectivity index (χ1v) is 11.2. The average molecular weight is 473 g/mol. The smallest absolute Gasteiger partial charge is 0.408 e. The molecule has 3 atom stereocenters. The minimum Gasteiger partial charge on any atom is -0.444 e. The third kappa shape index (κ3) is 9.14. The van der Waals surface area contributed by atoms with Gasteiger partial charge in [0.05, 0.1) is 6.42 Å². The Morgan fingerprint density at radius 1 is 1.15 bits per heavy atom. The van der Waals surface area contributed by atoms with Gasteiger partial charge in [0.1, 0.15) is 17.7 Å². The molecule has 186 valence electrons. The van der Waals surface area contributed by atoms with Gasteiger partial charge in [0.25, 0.3) is 0 Å². The molecule has 9 nitrogen and oxygen atoms in total. The van der Waals surface area contributed by atoms with Gasteiger partial charge < -0.3 is 26.0 Å². The van der Waals surface area contributed by atoms with Gasteiger partial charge in [-0.05, 0) is 51.8 Å². The molecule has 0 saturated heterocycles. The van der Waals surface area contributed by atoms with E-state index in [9.17, 15) is 19.2 Å². The number of nitrogens with zero attached hydrogens (tertiary/aromatic N) is 1. The molecule has 4 N–H and O–H groups in total. The number of hydrogen-bond donors (Lipinski definition) is 3. The molecule has 0 spiro atoms. The number of hydrogen-bond acceptors (Lipinski definition) is 5. The van der Waals surface area contributed by atoms with Crippen molar-refractivity contribution in [2.24, 2.45) is 5.73 Å². The molecule has 9 heteroatoms. The summed E-state index contributed by atoms with van der Waals surface area (Å²) in [4.78, 5) is 51.7. The summed E-state index contributed by atoms with van der Waals surface area (Å²) in [6.45, 7) is 8.89. The molecule has 34 heavy (non-hydrogen) atoms. The van der Waals surface area contributed by atoms with Crippen molar-refractivity contribution in [2.75, 3.05) is 7.05 Å². The Kier molecular flexibility index (Phi) is 10.6.